The van der Waals surface area contributed by atoms with Crippen LogP contribution < -0.4 is 16.6 Å². The second-order valence-electron chi connectivity index (χ2n) is 3.39. The molecule has 0 saturated carbocycles. The third kappa shape index (κ3) is 5.19. The molecule has 0 unspecified atom stereocenters. The number of amides is 2. The Labute approximate surface area is 78.0 Å². The molecule has 5 heteroatoms. The van der Waals surface area contributed by atoms with Crippen LogP contribution in [0.3, 0.4) is 0 Å². The molecular formula is C8H17N3O2. The third-order valence-electron chi connectivity index (χ3n) is 1.54. The molecule has 0 aromatic heterocycles. The van der Waals surface area contributed by atoms with Gasteiger partial charge in [0.1, 0.15) is 6.04 Å². The lowest BCUT2D eigenvalue weighted by Gasteiger charge is -2.17. The lowest BCUT2D eigenvalue weighted by Crippen LogP contribution is -2.48. The fourth-order valence-corrected chi connectivity index (χ4v) is 1.05. The van der Waals surface area contributed by atoms with E-state index in [0.717, 1.165) is 0 Å². The molecule has 0 aliphatic heterocycles. The van der Waals surface area contributed by atoms with Gasteiger partial charge in [0, 0.05) is 6.92 Å². The van der Waals surface area contributed by atoms with Crippen LogP contribution in [0, 0.1) is 5.92 Å². The summed E-state index contributed by atoms with van der Waals surface area (Å²) in [4.78, 5) is 21.9. The van der Waals surface area contributed by atoms with Gasteiger partial charge in [0.05, 0.1) is 0 Å². The molecule has 0 heterocycles. The van der Waals surface area contributed by atoms with E-state index in [4.69, 9.17) is 5.84 Å². The number of hydrogen-bond acceptors (Lipinski definition) is 3. The van der Waals surface area contributed by atoms with Gasteiger partial charge in [-0.3, -0.25) is 15.0 Å². The van der Waals surface area contributed by atoms with Gasteiger partial charge in [-0.25, -0.2) is 5.84 Å². The van der Waals surface area contributed by atoms with Gasteiger partial charge in [-0.2, -0.15) is 0 Å². The third-order valence-corrected chi connectivity index (χ3v) is 1.54. The molecule has 0 aromatic rings. The van der Waals surface area contributed by atoms with Gasteiger partial charge < -0.3 is 5.32 Å². The summed E-state index contributed by atoms with van der Waals surface area (Å²) >= 11 is 0. The van der Waals surface area contributed by atoms with Gasteiger partial charge in [-0.1, -0.05) is 13.8 Å². The van der Waals surface area contributed by atoms with Gasteiger partial charge in [0.15, 0.2) is 0 Å². The highest BCUT2D eigenvalue weighted by Gasteiger charge is 2.19. The van der Waals surface area contributed by atoms with Crippen molar-refractivity contribution in [3.05, 3.63) is 0 Å². The zero-order valence-electron chi connectivity index (χ0n) is 8.26. The van der Waals surface area contributed by atoms with Crippen molar-refractivity contribution < 1.29 is 9.59 Å². The van der Waals surface area contributed by atoms with E-state index in [2.05, 4.69) is 5.32 Å². The van der Waals surface area contributed by atoms with Crippen molar-refractivity contribution in [2.75, 3.05) is 0 Å². The van der Waals surface area contributed by atoms with Crippen molar-refractivity contribution in [1.29, 1.82) is 0 Å². The van der Waals surface area contributed by atoms with Crippen molar-refractivity contribution >= 4 is 11.8 Å². The van der Waals surface area contributed by atoms with Crippen LogP contribution in [-0.4, -0.2) is 17.9 Å². The first-order valence-electron chi connectivity index (χ1n) is 4.25. The smallest absolute Gasteiger partial charge is 0.256 e. The molecule has 2 amide bonds. The Hall–Kier alpha value is -1.10. The second kappa shape index (κ2) is 5.53. The molecule has 0 aliphatic carbocycles. The highest BCUT2D eigenvalue weighted by molar-refractivity contribution is 5.86. The molecule has 0 rings (SSSR count). The van der Waals surface area contributed by atoms with Gasteiger partial charge >= 0.3 is 0 Å². The van der Waals surface area contributed by atoms with Crippen LogP contribution in [0.25, 0.3) is 0 Å². The molecule has 0 bridgehead atoms. The summed E-state index contributed by atoms with van der Waals surface area (Å²) in [5, 5.41) is 2.53. The number of nitrogens with one attached hydrogen (secondary N) is 2. The lowest BCUT2D eigenvalue weighted by molar-refractivity contribution is -0.128. The standard InChI is InChI=1S/C8H17N3O2/c1-5(2)4-7(8(13)11-9)10-6(3)12/h5,7H,4,9H2,1-3H3,(H,10,12)(H,11,13)/t7-/m0/s1. The number of carbonyl (C=O) groups is 2. The molecule has 0 aromatic carbocycles. The van der Waals surface area contributed by atoms with Crippen LogP contribution >= 0.6 is 0 Å². The Bertz CT molecular complexity index is 192. The summed E-state index contributed by atoms with van der Waals surface area (Å²) in [6.07, 6.45) is 0.586. The molecule has 5 nitrogen and oxygen atoms in total. The van der Waals surface area contributed by atoms with Crippen molar-refractivity contribution in [1.82, 2.24) is 10.7 Å². The molecule has 13 heavy (non-hydrogen) atoms. The number of hydrazine groups is 1. The second-order valence-corrected chi connectivity index (χ2v) is 3.39. The average Bonchev–Trinajstić information content (AvgIpc) is 2.00. The summed E-state index contributed by atoms with van der Waals surface area (Å²) in [7, 11) is 0. The van der Waals surface area contributed by atoms with Gasteiger partial charge in [-0.05, 0) is 12.3 Å². The summed E-state index contributed by atoms with van der Waals surface area (Å²) in [6, 6.07) is -0.525. The van der Waals surface area contributed by atoms with Crippen LogP contribution in [0.2, 0.25) is 0 Å². The predicted molar refractivity (Wildman–Crippen MR) is 49.4 cm³/mol. The first-order chi connectivity index (χ1) is 5.97. The van der Waals surface area contributed by atoms with Crippen LogP contribution in [0.4, 0.5) is 0 Å². The summed E-state index contributed by atoms with van der Waals surface area (Å²) in [5.74, 6) is 4.72. The summed E-state index contributed by atoms with van der Waals surface area (Å²) < 4.78 is 0. The lowest BCUT2D eigenvalue weighted by atomic mass is 10.0. The minimum absolute atomic E-state index is 0.228. The maximum Gasteiger partial charge on any atom is 0.256 e. The fraction of sp³-hybridized carbons (Fsp3) is 0.750. The van der Waals surface area contributed by atoms with Crippen LogP contribution in [0.1, 0.15) is 27.2 Å². The molecule has 4 N–H and O–H groups in total. The van der Waals surface area contributed by atoms with E-state index in [1.54, 1.807) is 0 Å². The highest BCUT2D eigenvalue weighted by Crippen LogP contribution is 2.04. The van der Waals surface area contributed by atoms with Crippen LogP contribution in [-0.2, 0) is 9.59 Å². The largest absolute Gasteiger partial charge is 0.344 e. The first-order valence-corrected chi connectivity index (χ1v) is 4.25. The number of carbonyl (C=O) groups excluding carboxylic acids is 2. The average molecular weight is 187 g/mol. The van der Waals surface area contributed by atoms with Gasteiger partial charge in [0.2, 0.25) is 5.91 Å². The summed E-state index contributed by atoms with van der Waals surface area (Å²) in [6.45, 7) is 5.31. The fourth-order valence-electron chi connectivity index (χ4n) is 1.05. The van der Waals surface area contributed by atoms with Crippen LogP contribution in [0.15, 0.2) is 0 Å². The maximum absolute atomic E-state index is 11.1. The monoisotopic (exact) mass is 187 g/mol. The van der Waals surface area contributed by atoms with E-state index in [0.29, 0.717) is 12.3 Å². The summed E-state index contributed by atoms with van der Waals surface area (Å²) in [5.41, 5.74) is 2.02. The maximum atomic E-state index is 11.1. The minimum Gasteiger partial charge on any atom is -0.344 e. The first kappa shape index (κ1) is 11.9. The van der Waals surface area contributed by atoms with Crippen LogP contribution in [0.5, 0.6) is 0 Å². The highest BCUT2D eigenvalue weighted by atomic mass is 16.2. The van der Waals surface area contributed by atoms with E-state index in [9.17, 15) is 9.59 Å². The van der Waals surface area contributed by atoms with Gasteiger partial charge in [-0.15, -0.1) is 0 Å². The molecule has 0 fully saturated rings. The molecule has 0 spiro atoms. The van der Waals surface area contributed by atoms with E-state index in [-0.39, 0.29) is 11.8 Å². The SMILES string of the molecule is CC(=O)N[C@@H](CC(C)C)C(=O)NN. The molecule has 0 aliphatic rings. The number of nitrogens with two attached hydrogens (primary N) is 1. The Morgan fingerprint density at radius 2 is 1.92 bits per heavy atom. The predicted octanol–water partition coefficient (Wildman–Crippen LogP) is -0.473. The quantitative estimate of drug-likeness (QED) is 0.316. The van der Waals surface area contributed by atoms with Crippen molar-refractivity contribution in [3.63, 3.8) is 0 Å². The van der Waals surface area contributed by atoms with E-state index >= 15 is 0 Å². The van der Waals surface area contributed by atoms with Crippen molar-refractivity contribution in [2.45, 2.75) is 33.2 Å². The Morgan fingerprint density at radius 3 is 2.23 bits per heavy atom. The molecule has 0 saturated heterocycles. The number of hydrogen-bond donors (Lipinski definition) is 3. The zero-order valence-corrected chi connectivity index (χ0v) is 8.26. The minimum atomic E-state index is -0.525. The van der Waals surface area contributed by atoms with E-state index < -0.39 is 6.04 Å². The van der Waals surface area contributed by atoms with Crippen molar-refractivity contribution in [2.24, 2.45) is 11.8 Å². The zero-order chi connectivity index (χ0) is 10.4. The van der Waals surface area contributed by atoms with Crippen molar-refractivity contribution in [3.8, 4) is 0 Å². The normalized spacial score (nSPS) is 12.4. The Kier molecular flexibility index (Phi) is 5.06. The number of rotatable bonds is 4. The topological polar surface area (TPSA) is 84.2 Å². The van der Waals surface area contributed by atoms with Gasteiger partial charge in [0.25, 0.3) is 5.91 Å². The molecular weight excluding hydrogens is 170 g/mol. The molecule has 1 atom stereocenters. The molecule has 76 valence electrons. The van der Waals surface area contributed by atoms with E-state index in [1.807, 2.05) is 19.3 Å². The molecule has 0 radical (unpaired) electrons. The van der Waals surface area contributed by atoms with E-state index in [1.165, 1.54) is 6.92 Å². The Balaban J connectivity index is 4.18. The Morgan fingerprint density at radius 1 is 1.38 bits per heavy atom.